The maximum absolute atomic E-state index is 13.2. The first kappa shape index (κ1) is 11.3. The molecule has 3 rings (SSSR count). The van der Waals surface area contributed by atoms with Gasteiger partial charge in [-0.15, -0.1) is 0 Å². The molecule has 1 aliphatic rings. The smallest absolute Gasteiger partial charge is 0.125 e. The summed E-state index contributed by atoms with van der Waals surface area (Å²) in [6.45, 7) is 2.87. The Morgan fingerprint density at radius 3 is 2.89 bits per heavy atom. The van der Waals surface area contributed by atoms with E-state index >= 15 is 0 Å². The van der Waals surface area contributed by atoms with Gasteiger partial charge in [-0.3, -0.25) is 0 Å². The Bertz CT molecular complexity index is 577. The second-order valence-corrected chi connectivity index (χ2v) is 4.94. The second kappa shape index (κ2) is 4.45. The predicted octanol–water partition coefficient (Wildman–Crippen LogP) is 3.89. The minimum absolute atomic E-state index is 0.183. The summed E-state index contributed by atoms with van der Waals surface area (Å²) in [5.41, 5.74) is 4.86. The third-order valence-corrected chi connectivity index (χ3v) is 3.70. The van der Waals surface area contributed by atoms with Gasteiger partial charge in [0.05, 0.1) is 0 Å². The van der Waals surface area contributed by atoms with Gasteiger partial charge in [-0.25, -0.2) is 4.39 Å². The van der Waals surface area contributed by atoms with Gasteiger partial charge in [0.1, 0.15) is 5.82 Å². The van der Waals surface area contributed by atoms with E-state index in [1.807, 2.05) is 13.0 Å². The lowest BCUT2D eigenvalue weighted by Gasteiger charge is -2.30. The minimum Gasteiger partial charge on any atom is -0.384 e. The first-order chi connectivity index (χ1) is 8.74. The zero-order valence-corrected chi connectivity index (χ0v) is 10.4. The van der Waals surface area contributed by atoms with Gasteiger partial charge in [-0.2, -0.15) is 0 Å². The molecule has 0 aliphatic heterocycles. The number of anilines is 1. The van der Waals surface area contributed by atoms with Crippen molar-refractivity contribution in [3.8, 4) is 0 Å². The Kier molecular flexibility index (Phi) is 2.78. The molecule has 0 radical (unpaired) electrons. The van der Waals surface area contributed by atoms with E-state index in [4.69, 9.17) is 0 Å². The Hall–Kier alpha value is -1.83. The van der Waals surface area contributed by atoms with E-state index in [0.29, 0.717) is 5.92 Å². The molecule has 0 amide bonds. The molecule has 0 aromatic heterocycles. The van der Waals surface area contributed by atoms with Crippen LogP contribution in [0.1, 0.15) is 22.6 Å². The van der Waals surface area contributed by atoms with E-state index in [-0.39, 0.29) is 5.82 Å². The Labute approximate surface area is 107 Å². The maximum atomic E-state index is 13.2. The molecule has 92 valence electrons. The van der Waals surface area contributed by atoms with Crippen LogP contribution in [0.3, 0.4) is 0 Å². The number of aryl methyl sites for hydroxylation is 1. The van der Waals surface area contributed by atoms with Crippen LogP contribution in [0.4, 0.5) is 10.1 Å². The van der Waals surface area contributed by atoms with E-state index in [1.165, 1.54) is 17.2 Å². The van der Waals surface area contributed by atoms with Crippen molar-refractivity contribution < 1.29 is 4.39 Å². The number of halogens is 1. The molecule has 18 heavy (non-hydrogen) atoms. The fourth-order valence-electron chi connectivity index (χ4n) is 2.56. The van der Waals surface area contributed by atoms with Crippen LogP contribution >= 0.6 is 0 Å². The fourth-order valence-corrected chi connectivity index (χ4v) is 2.56. The van der Waals surface area contributed by atoms with Crippen LogP contribution in [0.5, 0.6) is 0 Å². The van der Waals surface area contributed by atoms with Crippen molar-refractivity contribution in [1.82, 2.24) is 0 Å². The van der Waals surface area contributed by atoms with Crippen LogP contribution < -0.4 is 5.32 Å². The molecule has 1 aliphatic carbocycles. The molecule has 2 aromatic carbocycles. The summed E-state index contributed by atoms with van der Waals surface area (Å²) in [6.07, 6.45) is 1.12. The van der Waals surface area contributed by atoms with Crippen molar-refractivity contribution in [2.24, 2.45) is 0 Å². The summed E-state index contributed by atoms with van der Waals surface area (Å²) in [6, 6.07) is 13.4. The van der Waals surface area contributed by atoms with Crippen LogP contribution in [0, 0.1) is 12.7 Å². The van der Waals surface area contributed by atoms with Crippen LogP contribution in [-0.4, -0.2) is 6.54 Å². The highest BCUT2D eigenvalue weighted by Crippen LogP contribution is 2.34. The molecule has 0 saturated carbocycles. The highest BCUT2D eigenvalue weighted by Gasteiger charge is 2.24. The van der Waals surface area contributed by atoms with Crippen molar-refractivity contribution in [1.29, 1.82) is 0 Å². The van der Waals surface area contributed by atoms with Crippen molar-refractivity contribution in [2.45, 2.75) is 19.3 Å². The molecule has 1 atom stereocenters. The van der Waals surface area contributed by atoms with Gasteiger partial charge >= 0.3 is 0 Å². The number of fused-ring (bicyclic) bond motifs is 1. The molecule has 1 nitrogen and oxygen atoms in total. The van der Waals surface area contributed by atoms with Gasteiger partial charge < -0.3 is 5.32 Å². The average molecular weight is 241 g/mol. The molecule has 1 unspecified atom stereocenters. The van der Waals surface area contributed by atoms with E-state index in [9.17, 15) is 4.39 Å². The van der Waals surface area contributed by atoms with Gasteiger partial charge in [0.2, 0.25) is 0 Å². The lowest BCUT2D eigenvalue weighted by atomic mass is 9.77. The van der Waals surface area contributed by atoms with E-state index in [2.05, 4.69) is 29.6 Å². The molecule has 2 aromatic rings. The lowest BCUT2D eigenvalue weighted by molar-refractivity contribution is 0.623. The fraction of sp³-hybridized carbons (Fsp3) is 0.250. The minimum atomic E-state index is -0.183. The summed E-state index contributed by atoms with van der Waals surface area (Å²) in [5, 5.41) is 3.36. The lowest BCUT2D eigenvalue weighted by Crippen LogP contribution is -2.24. The van der Waals surface area contributed by atoms with Gasteiger partial charge in [0.15, 0.2) is 0 Å². The maximum Gasteiger partial charge on any atom is 0.125 e. The van der Waals surface area contributed by atoms with E-state index in [1.54, 1.807) is 6.07 Å². The quantitative estimate of drug-likeness (QED) is 0.859. The summed E-state index contributed by atoms with van der Waals surface area (Å²) >= 11 is 0. The third-order valence-electron chi connectivity index (χ3n) is 3.70. The zero-order valence-electron chi connectivity index (χ0n) is 10.4. The molecule has 0 spiro atoms. The van der Waals surface area contributed by atoms with Gasteiger partial charge in [-0.05, 0) is 42.2 Å². The molecule has 1 N–H and O–H groups in total. The third kappa shape index (κ3) is 1.99. The largest absolute Gasteiger partial charge is 0.384 e. The van der Waals surface area contributed by atoms with Crippen molar-refractivity contribution in [3.05, 3.63) is 65.0 Å². The molecule has 0 heterocycles. The number of hydrogen-bond acceptors (Lipinski definition) is 1. The Morgan fingerprint density at radius 1 is 1.22 bits per heavy atom. The normalized spacial score (nSPS) is 16.9. The van der Waals surface area contributed by atoms with Gasteiger partial charge in [0.25, 0.3) is 0 Å². The standard InChI is InChI=1S/C16H16FN/c1-11-6-7-14(17)9-16(11)18-10-13-8-12-4-2-3-5-15(12)13/h2-7,9,13,18H,8,10H2,1H3. The summed E-state index contributed by atoms with van der Waals surface area (Å²) in [7, 11) is 0. The average Bonchev–Trinajstić information content (AvgIpc) is 2.34. The molecular weight excluding hydrogens is 225 g/mol. The van der Waals surface area contributed by atoms with E-state index in [0.717, 1.165) is 24.2 Å². The summed E-state index contributed by atoms with van der Waals surface area (Å²) < 4.78 is 13.2. The summed E-state index contributed by atoms with van der Waals surface area (Å²) in [4.78, 5) is 0. The number of benzene rings is 2. The van der Waals surface area contributed by atoms with Crippen molar-refractivity contribution >= 4 is 5.69 Å². The Morgan fingerprint density at radius 2 is 2.06 bits per heavy atom. The van der Waals surface area contributed by atoms with Crippen LogP contribution in [-0.2, 0) is 6.42 Å². The van der Waals surface area contributed by atoms with Gasteiger partial charge in [0, 0.05) is 18.2 Å². The monoisotopic (exact) mass is 241 g/mol. The zero-order chi connectivity index (χ0) is 12.5. The van der Waals surface area contributed by atoms with Crippen LogP contribution in [0.2, 0.25) is 0 Å². The SMILES string of the molecule is Cc1ccc(F)cc1NCC1Cc2ccccc21. The number of nitrogens with one attached hydrogen (secondary N) is 1. The van der Waals surface area contributed by atoms with E-state index < -0.39 is 0 Å². The molecule has 0 saturated heterocycles. The summed E-state index contributed by atoms with van der Waals surface area (Å²) in [5.74, 6) is 0.376. The topological polar surface area (TPSA) is 12.0 Å². The number of hydrogen-bond donors (Lipinski definition) is 1. The second-order valence-electron chi connectivity index (χ2n) is 4.94. The first-order valence-electron chi connectivity index (χ1n) is 6.32. The molecular formula is C16H16FN. The highest BCUT2D eigenvalue weighted by molar-refractivity contribution is 5.52. The molecule has 0 fully saturated rings. The van der Waals surface area contributed by atoms with Crippen molar-refractivity contribution in [3.63, 3.8) is 0 Å². The van der Waals surface area contributed by atoms with Gasteiger partial charge in [-0.1, -0.05) is 30.3 Å². The number of rotatable bonds is 3. The van der Waals surface area contributed by atoms with Crippen molar-refractivity contribution in [2.75, 3.05) is 11.9 Å². The van der Waals surface area contributed by atoms with Crippen LogP contribution in [0.15, 0.2) is 42.5 Å². The predicted molar refractivity (Wildman–Crippen MR) is 72.5 cm³/mol. The Balaban J connectivity index is 1.68. The first-order valence-corrected chi connectivity index (χ1v) is 6.32. The molecule has 2 heteroatoms. The molecule has 0 bridgehead atoms. The van der Waals surface area contributed by atoms with Crippen LogP contribution in [0.25, 0.3) is 0 Å². The highest BCUT2D eigenvalue weighted by atomic mass is 19.1.